The average Bonchev–Trinajstić information content (AvgIpc) is 2.39. The lowest BCUT2D eigenvalue weighted by molar-refractivity contribution is 0.0915. The first kappa shape index (κ1) is 16.1. The third-order valence-corrected chi connectivity index (χ3v) is 3.42. The molecule has 0 aliphatic carbocycles. The number of hydrogen-bond donors (Lipinski definition) is 1. The number of nitrogens with zero attached hydrogens (tertiary/aromatic N) is 1. The second-order valence-corrected chi connectivity index (χ2v) is 5.13. The van der Waals surface area contributed by atoms with E-state index >= 15 is 0 Å². The molecule has 0 amide bonds. The standard InChI is InChI=1S/C14H20BrNO3/c1-3-6-16(7-8-17)10-13(18)11-4-5-14(19-2)12(15)9-11/h4-5,9,17H,3,6-8,10H2,1-2H3. The molecule has 1 aromatic carbocycles. The van der Waals surface area contributed by atoms with Gasteiger partial charge in [-0.05, 0) is 47.1 Å². The number of benzene rings is 1. The minimum absolute atomic E-state index is 0.0465. The fraction of sp³-hybridized carbons (Fsp3) is 0.500. The topological polar surface area (TPSA) is 49.8 Å². The van der Waals surface area contributed by atoms with E-state index in [0.717, 1.165) is 17.4 Å². The highest BCUT2D eigenvalue weighted by Gasteiger charge is 2.13. The molecule has 0 fully saturated rings. The lowest BCUT2D eigenvalue weighted by Crippen LogP contribution is -2.33. The summed E-state index contributed by atoms with van der Waals surface area (Å²) in [5.41, 5.74) is 0.645. The monoisotopic (exact) mass is 329 g/mol. The number of halogens is 1. The van der Waals surface area contributed by atoms with E-state index in [1.54, 1.807) is 25.3 Å². The van der Waals surface area contributed by atoms with Gasteiger partial charge in [0.05, 0.1) is 24.7 Å². The van der Waals surface area contributed by atoms with E-state index in [1.165, 1.54) is 0 Å². The molecule has 1 rings (SSSR count). The molecule has 0 radical (unpaired) electrons. The normalized spacial score (nSPS) is 10.8. The van der Waals surface area contributed by atoms with E-state index in [0.29, 0.717) is 24.4 Å². The Morgan fingerprint density at radius 3 is 2.68 bits per heavy atom. The number of aliphatic hydroxyl groups excluding tert-OH is 1. The molecule has 0 spiro atoms. The van der Waals surface area contributed by atoms with Crippen LogP contribution in [0.15, 0.2) is 22.7 Å². The number of Topliss-reactive ketones (excluding diaryl/α,β-unsaturated/α-hetero) is 1. The van der Waals surface area contributed by atoms with Crippen LogP contribution in [0.5, 0.6) is 5.75 Å². The van der Waals surface area contributed by atoms with Crippen LogP contribution in [0.2, 0.25) is 0 Å². The molecule has 19 heavy (non-hydrogen) atoms. The van der Waals surface area contributed by atoms with Gasteiger partial charge in [0.15, 0.2) is 5.78 Å². The van der Waals surface area contributed by atoms with E-state index in [9.17, 15) is 4.79 Å². The second-order valence-electron chi connectivity index (χ2n) is 4.27. The molecule has 5 heteroatoms. The molecule has 1 aromatic rings. The van der Waals surface area contributed by atoms with Gasteiger partial charge in [-0.25, -0.2) is 0 Å². The lowest BCUT2D eigenvalue weighted by Gasteiger charge is -2.19. The zero-order valence-electron chi connectivity index (χ0n) is 11.4. The van der Waals surface area contributed by atoms with Crippen LogP contribution in [0.1, 0.15) is 23.7 Å². The van der Waals surface area contributed by atoms with Crippen molar-refractivity contribution in [1.82, 2.24) is 4.90 Å². The molecule has 0 saturated carbocycles. The number of ketones is 1. The summed E-state index contributed by atoms with van der Waals surface area (Å²) in [5.74, 6) is 0.752. The first-order valence-electron chi connectivity index (χ1n) is 6.32. The van der Waals surface area contributed by atoms with Gasteiger partial charge in [-0.15, -0.1) is 0 Å². The van der Waals surface area contributed by atoms with Crippen molar-refractivity contribution in [3.63, 3.8) is 0 Å². The van der Waals surface area contributed by atoms with Gasteiger partial charge in [-0.3, -0.25) is 9.69 Å². The molecule has 0 heterocycles. The Labute approximate surface area is 122 Å². The van der Waals surface area contributed by atoms with Crippen molar-refractivity contribution in [2.75, 3.05) is 33.4 Å². The predicted octanol–water partition coefficient (Wildman–Crippen LogP) is 2.34. The summed E-state index contributed by atoms with van der Waals surface area (Å²) in [5, 5.41) is 8.98. The average molecular weight is 330 g/mol. The fourth-order valence-corrected chi connectivity index (χ4v) is 2.40. The number of methoxy groups -OCH3 is 1. The van der Waals surface area contributed by atoms with E-state index in [1.807, 2.05) is 4.90 Å². The molecule has 1 N–H and O–H groups in total. The van der Waals surface area contributed by atoms with Crippen LogP contribution < -0.4 is 4.74 Å². The van der Waals surface area contributed by atoms with Crippen LogP contribution in [-0.2, 0) is 0 Å². The van der Waals surface area contributed by atoms with Crippen LogP contribution in [0.4, 0.5) is 0 Å². The van der Waals surface area contributed by atoms with Crippen LogP contribution >= 0.6 is 15.9 Å². The maximum atomic E-state index is 12.2. The molecule has 0 aliphatic rings. The van der Waals surface area contributed by atoms with Gasteiger partial charge < -0.3 is 9.84 Å². The minimum Gasteiger partial charge on any atom is -0.496 e. The van der Waals surface area contributed by atoms with Crippen molar-refractivity contribution in [3.05, 3.63) is 28.2 Å². The summed E-state index contributed by atoms with van der Waals surface area (Å²) >= 11 is 3.37. The van der Waals surface area contributed by atoms with Gasteiger partial charge in [0, 0.05) is 12.1 Å². The molecule has 0 bridgehead atoms. The Kier molecular flexibility index (Phi) is 7.05. The highest BCUT2D eigenvalue weighted by Crippen LogP contribution is 2.25. The summed E-state index contributed by atoms with van der Waals surface area (Å²) in [4.78, 5) is 14.1. The summed E-state index contributed by atoms with van der Waals surface area (Å²) < 4.78 is 5.90. The highest BCUT2D eigenvalue weighted by atomic mass is 79.9. The Balaban J connectivity index is 2.73. The van der Waals surface area contributed by atoms with E-state index in [4.69, 9.17) is 9.84 Å². The van der Waals surface area contributed by atoms with Crippen molar-refractivity contribution in [1.29, 1.82) is 0 Å². The van der Waals surface area contributed by atoms with Crippen molar-refractivity contribution in [2.45, 2.75) is 13.3 Å². The maximum absolute atomic E-state index is 12.2. The summed E-state index contributed by atoms with van der Waals surface area (Å²) in [6.45, 7) is 3.78. The van der Waals surface area contributed by atoms with Gasteiger partial charge in [-0.1, -0.05) is 6.92 Å². The smallest absolute Gasteiger partial charge is 0.176 e. The third-order valence-electron chi connectivity index (χ3n) is 2.80. The molecule has 106 valence electrons. The Bertz CT molecular complexity index is 417. The molecule has 0 unspecified atom stereocenters. The second kappa shape index (κ2) is 8.30. The number of hydrogen-bond acceptors (Lipinski definition) is 4. The first-order chi connectivity index (χ1) is 9.12. The van der Waals surface area contributed by atoms with Crippen LogP contribution in [0.3, 0.4) is 0 Å². The van der Waals surface area contributed by atoms with Crippen molar-refractivity contribution in [3.8, 4) is 5.75 Å². The van der Waals surface area contributed by atoms with Gasteiger partial charge in [-0.2, -0.15) is 0 Å². The number of carbonyl (C=O) groups is 1. The third kappa shape index (κ3) is 4.93. The van der Waals surface area contributed by atoms with E-state index in [-0.39, 0.29) is 12.4 Å². The van der Waals surface area contributed by atoms with Crippen LogP contribution in [-0.4, -0.2) is 49.1 Å². The first-order valence-corrected chi connectivity index (χ1v) is 7.11. The number of carbonyl (C=O) groups excluding carboxylic acids is 1. The number of ether oxygens (including phenoxy) is 1. The van der Waals surface area contributed by atoms with E-state index in [2.05, 4.69) is 22.9 Å². The molecule has 0 saturated heterocycles. The van der Waals surface area contributed by atoms with Gasteiger partial charge in [0.2, 0.25) is 0 Å². The predicted molar refractivity (Wildman–Crippen MR) is 78.8 cm³/mol. The minimum atomic E-state index is 0.0465. The van der Waals surface area contributed by atoms with Gasteiger partial charge in [0.25, 0.3) is 0 Å². The van der Waals surface area contributed by atoms with Crippen molar-refractivity contribution < 1.29 is 14.6 Å². The van der Waals surface area contributed by atoms with Crippen LogP contribution in [0.25, 0.3) is 0 Å². The summed E-state index contributed by atoms with van der Waals surface area (Å²) in [6, 6.07) is 5.30. The Morgan fingerprint density at radius 2 is 2.16 bits per heavy atom. The fourth-order valence-electron chi connectivity index (χ4n) is 1.86. The zero-order valence-corrected chi connectivity index (χ0v) is 12.9. The van der Waals surface area contributed by atoms with Gasteiger partial charge >= 0.3 is 0 Å². The number of aliphatic hydroxyl groups is 1. The molecular weight excluding hydrogens is 310 g/mol. The maximum Gasteiger partial charge on any atom is 0.176 e. The highest BCUT2D eigenvalue weighted by molar-refractivity contribution is 9.10. The molecule has 0 aliphatic heterocycles. The van der Waals surface area contributed by atoms with Crippen molar-refractivity contribution >= 4 is 21.7 Å². The molecule has 4 nitrogen and oxygen atoms in total. The lowest BCUT2D eigenvalue weighted by atomic mass is 10.1. The Morgan fingerprint density at radius 1 is 1.42 bits per heavy atom. The van der Waals surface area contributed by atoms with Gasteiger partial charge in [0.1, 0.15) is 5.75 Å². The SMILES string of the molecule is CCCN(CCO)CC(=O)c1ccc(OC)c(Br)c1. The number of rotatable bonds is 8. The molecular formula is C14H20BrNO3. The largest absolute Gasteiger partial charge is 0.496 e. The van der Waals surface area contributed by atoms with Crippen LogP contribution in [0, 0.1) is 0 Å². The summed E-state index contributed by atoms with van der Waals surface area (Å²) in [6.07, 6.45) is 0.958. The zero-order chi connectivity index (χ0) is 14.3. The van der Waals surface area contributed by atoms with E-state index < -0.39 is 0 Å². The molecule has 0 aromatic heterocycles. The quantitative estimate of drug-likeness (QED) is 0.744. The van der Waals surface area contributed by atoms with Crippen molar-refractivity contribution in [2.24, 2.45) is 0 Å². The molecule has 0 atom stereocenters. The Hall–Kier alpha value is -0.910. The summed E-state index contributed by atoms with van der Waals surface area (Å²) in [7, 11) is 1.59.